The van der Waals surface area contributed by atoms with Gasteiger partial charge in [0.1, 0.15) is 28.8 Å². The molecule has 4 aromatic rings. The second-order valence-electron chi connectivity index (χ2n) is 13.4. The molecular formula is C39H41N6O4Si+. The molecule has 0 radical (unpaired) electrons. The maximum Gasteiger partial charge on any atom is 0.336 e. The third kappa shape index (κ3) is 6.72. The van der Waals surface area contributed by atoms with Crippen molar-refractivity contribution in [3.05, 3.63) is 135 Å². The van der Waals surface area contributed by atoms with Gasteiger partial charge >= 0.3 is 5.97 Å². The molecule has 2 heterocycles. The van der Waals surface area contributed by atoms with Crippen LogP contribution in [-0.2, 0) is 13.2 Å². The Hall–Kier alpha value is -5.81. The van der Waals surface area contributed by atoms with E-state index in [0.717, 1.165) is 39.2 Å². The summed E-state index contributed by atoms with van der Waals surface area (Å²) in [7, 11) is 5.85. The molecule has 0 saturated carbocycles. The average Bonchev–Trinajstić information content (AvgIpc) is 3.09. The lowest BCUT2D eigenvalue weighted by Gasteiger charge is -2.38. The molecule has 0 fully saturated rings. The topological polar surface area (TPSA) is 134 Å². The fourth-order valence-electron chi connectivity index (χ4n) is 6.38. The van der Waals surface area contributed by atoms with Crippen molar-refractivity contribution in [2.75, 3.05) is 38.8 Å². The number of fused-ring (bicyclic) bond motifs is 2. The molecule has 1 amide bonds. The highest BCUT2D eigenvalue weighted by molar-refractivity contribution is 6.98. The highest BCUT2D eigenvalue weighted by atomic mass is 28.3. The number of anilines is 2. The Morgan fingerprint density at radius 1 is 0.960 bits per heavy atom. The predicted octanol–water partition coefficient (Wildman–Crippen LogP) is 4.81. The molecule has 11 heteroatoms. The van der Waals surface area contributed by atoms with Crippen molar-refractivity contribution in [3.63, 3.8) is 0 Å². The van der Waals surface area contributed by atoms with E-state index in [-0.39, 0.29) is 17.4 Å². The molecule has 254 valence electrons. The SMILES string of the molecule is CN(C)c1ccc2c(c1)[Si](C)(C)C1=CC(=[N+](C)C)C=CC1=C2c1cc(C(=O)NCc2ccc(COc3ccnc(N)n3)cc2)ccc1C(=O)O. The summed E-state index contributed by atoms with van der Waals surface area (Å²) in [6, 6.07) is 20.6. The number of nitrogen functional groups attached to an aromatic ring is 1. The van der Waals surface area contributed by atoms with E-state index < -0.39 is 14.0 Å². The van der Waals surface area contributed by atoms with Gasteiger partial charge in [-0.25, -0.2) is 14.4 Å². The first-order chi connectivity index (χ1) is 23.8. The number of nitrogens with zero attached hydrogens (tertiary/aromatic N) is 4. The lowest BCUT2D eigenvalue weighted by atomic mass is 9.86. The number of ether oxygens (including phenoxy) is 1. The van der Waals surface area contributed by atoms with Gasteiger partial charge in [0.2, 0.25) is 11.8 Å². The molecule has 4 N–H and O–H groups in total. The first-order valence-electron chi connectivity index (χ1n) is 16.3. The maximum atomic E-state index is 13.6. The number of carboxylic acid groups (broad SMARTS) is 1. The third-order valence-electron chi connectivity index (χ3n) is 9.22. The van der Waals surface area contributed by atoms with Gasteiger partial charge in [0, 0.05) is 56.3 Å². The molecule has 1 aromatic heterocycles. The molecule has 0 saturated heterocycles. The molecule has 2 aliphatic rings. The van der Waals surface area contributed by atoms with E-state index in [0.29, 0.717) is 30.2 Å². The van der Waals surface area contributed by atoms with Crippen molar-refractivity contribution in [2.45, 2.75) is 26.2 Å². The zero-order valence-corrected chi connectivity index (χ0v) is 30.1. The molecule has 6 rings (SSSR count). The maximum absolute atomic E-state index is 13.6. The quantitative estimate of drug-likeness (QED) is 0.169. The summed E-state index contributed by atoms with van der Waals surface area (Å²) in [5.74, 6) is -0.808. The molecule has 1 aliphatic heterocycles. The molecular weight excluding hydrogens is 645 g/mol. The summed E-state index contributed by atoms with van der Waals surface area (Å²) in [5.41, 5.74) is 13.5. The largest absolute Gasteiger partial charge is 0.478 e. The van der Waals surface area contributed by atoms with Crippen LogP contribution in [0.3, 0.4) is 0 Å². The van der Waals surface area contributed by atoms with Crippen molar-refractivity contribution in [2.24, 2.45) is 0 Å². The molecule has 3 aromatic carbocycles. The van der Waals surface area contributed by atoms with Crippen molar-refractivity contribution in [3.8, 4) is 5.88 Å². The fourth-order valence-corrected chi connectivity index (χ4v) is 9.45. The van der Waals surface area contributed by atoms with Crippen LogP contribution in [0.25, 0.3) is 5.57 Å². The molecule has 10 nitrogen and oxygen atoms in total. The standard InChI is InChI=1S/C39H40N6O4Si/c1-44(2)27-12-15-30-33(20-27)50(5,6)34-21-28(45(3)4)13-16-31(34)36(30)32-19-26(11-14-29(32)38(47)48)37(46)42-22-24-7-9-25(10-8-24)23-49-35-17-18-41-39(40)43-35/h7-21H,22-23H2,1-6H3,(H3-,40,41,42,43,46,47,48)/p+1. The number of allylic oxidation sites excluding steroid dienone is 5. The van der Waals surface area contributed by atoms with E-state index in [2.05, 4.69) is 74.3 Å². The predicted molar refractivity (Wildman–Crippen MR) is 200 cm³/mol. The van der Waals surface area contributed by atoms with Crippen LogP contribution in [0.2, 0.25) is 13.1 Å². The lowest BCUT2D eigenvalue weighted by Crippen LogP contribution is -2.49. The average molecular weight is 686 g/mol. The Balaban J connectivity index is 1.33. The van der Waals surface area contributed by atoms with E-state index in [4.69, 9.17) is 10.5 Å². The van der Waals surface area contributed by atoms with E-state index in [9.17, 15) is 14.7 Å². The number of hydrogen-bond donors (Lipinski definition) is 3. The van der Waals surface area contributed by atoms with Crippen LogP contribution in [0, 0.1) is 0 Å². The second-order valence-corrected chi connectivity index (χ2v) is 17.7. The van der Waals surface area contributed by atoms with Crippen molar-refractivity contribution in [1.82, 2.24) is 15.3 Å². The number of benzene rings is 3. The Labute approximate surface area is 293 Å². The zero-order chi connectivity index (χ0) is 35.7. The van der Waals surface area contributed by atoms with Gasteiger partial charge in [-0.3, -0.25) is 4.79 Å². The van der Waals surface area contributed by atoms with Crippen LogP contribution in [-0.4, -0.2) is 73.5 Å². The molecule has 1 aliphatic carbocycles. The monoisotopic (exact) mass is 685 g/mol. The second kappa shape index (κ2) is 13.6. The number of carboxylic acids is 1. The van der Waals surface area contributed by atoms with E-state index in [1.54, 1.807) is 24.3 Å². The van der Waals surface area contributed by atoms with Gasteiger partial charge in [0.25, 0.3) is 5.91 Å². The van der Waals surface area contributed by atoms with Crippen LogP contribution < -0.4 is 25.9 Å². The minimum Gasteiger partial charge on any atom is -0.478 e. The van der Waals surface area contributed by atoms with Crippen molar-refractivity contribution in [1.29, 1.82) is 0 Å². The molecule has 0 unspecified atom stereocenters. The van der Waals surface area contributed by atoms with Gasteiger partial charge in [0.15, 0.2) is 5.71 Å². The molecule has 0 atom stereocenters. The van der Waals surface area contributed by atoms with Gasteiger partial charge < -0.3 is 25.8 Å². The van der Waals surface area contributed by atoms with Crippen LogP contribution in [0.15, 0.2) is 102 Å². The summed E-state index contributed by atoms with van der Waals surface area (Å²) in [4.78, 5) is 36.3. The Bertz CT molecular complexity index is 2140. The number of hydrogen-bond acceptors (Lipinski definition) is 7. The van der Waals surface area contributed by atoms with E-state index in [1.165, 1.54) is 16.6 Å². The van der Waals surface area contributed by atoms with Gasteiger partial charge in [-0.2, -0.15) is 4.98 Å². The number of nitrogens with two attached hydrogens (primary N) is 1. The number of carbonyl (C=O) groups excluding carboxylic acids is 1. The zero-order valence-electron chi connectivity index (χ0n) is 29.1. The highest BCUT2D eigenvalue weighted by Gasteiger charge is 2.41. The summed E-state index contributed by atoms with van der Waals surface area (Å²) in [5, 5.41) is 15.9. The molecule has 0 bridgehead atoms. The minimum atomic E-state index is -2.24. The molecule has 50 heavy (non-hydrogen) atoms. The first kappa shape index (κ1) is 34.1. The third-order valence-corrected chi connectivity index (χ3v) is 12.7. The lowest BCUT2D eigenvalue weighted by molar-refractivity contribution is -0.462. The molecule has 0 spiro atoms. The minimum absolute atomic E-state index is 0.144. The van der Waals surface area contributed by atoms with Crippen LogP contribution in [0.1, 0.15) is 43.0 Å². The van der Waals surface area contributed by atoms with Crippen LogP contribution in [0.5, 0.6) is 5.88 Å². The Morgan fingerprint density at radius 2 is 1.70 bits per heavy atom. The first-order valence-corrected chi connectivity index (χ1v) is 19.3. The number of nitrogens with one attached hydrogen (secondary N) is 1. The van der Waals surface area contributed by atoms with Gasteiger partial charge in [-0.05, 0) is 80.2 Å². The normalized spacial score (nSPS) is 14.4. The van der Waals surface area contributed by atoms with Crippen molar-refractivity contribution >= 4 is 48.1 Å². The van der Waals surface area contributed by atoms with E-state index >= 15 is 0 Å². The Kier molecular flexibility index (Phi) is 9.26. The van der Waals surface area contributed by atoms with E-state index in [1.807, 2.05) is 52.5 Å². The highest BCUT2D eigenvalue weighted by Crippen LogP contribution is 2.43. The fraction of sp³-hybridized carbons (Fsp3) is 0.205. The summed E-state index contributed by atoms with van der Waals surface area (Å²) < 4.78 is 7.78. The van der Waals surface area contributed by atoms with Crippen molar-refractivity contribution < 1.29 is 24.0 Å². The van der Waals surface area contributed by atoms with Crippen LogP contribution in [0.4, 0.5) is 11.6 Å². The number of aromatic carboxylic acids is 1. The van der Waals surface area contributed by atoms with Gasteiger partial charge in [0.05, 0.1) is 5.56 Å². The van der Waals surface area contributed by atoms with Crippen LogP contribution >= 0.6 is 0 Å². The summed E-state index contributed by atoms with van der Waals surface area (Å²) in [6.07, 6.45) is 7.96. The Morgan fingerprint density at radius 3 is 2.38 bits per heavy atom. The number of amides is 1. The number of carbonyl (C=O) groups is 2. The summed E-state index contributed by atoms with van der Waals surface area (Å²) in [6.45, 7) is 5.28. The smallest absolute Gasteiger partial charge is 0.336 e. The number of aromatic nitrogens is 2. The summed E-state index contributed by atoms with van der Waals surface area (Å²) >= 11 is 0. The van der Waals surface area contributed by atoms with Gasteiger partial charge in [-0.1, -0.05) is 43.4 Å². The van der Waals surface area contributed by atoms with Gasteiger partial charge in [-0.15, -0.1) is 0 Å². The number of rotatable bonds is 9.